The first-order valence-corrected chi connectivity index (χ1v) is 14.4. The highest BCUT2D eigenvalue weighted by Crippen LogP contribution is 2.53. The summed E-state index contributed by atoms with van der Waals surface area (Å²) in [6.45, 7) is 3.28. The van der Waals surface area contributed by atoms with Gasteiger partial charge in [-0.2, -0.15) is 5.10 Å². The number of hydrogen-bond donors (Lipinski definition) is 2. The van der Waals surface area contributed by atoms with E-state index in [-0.39, 0.29) is 5.91 Å². The van der Waals surface area contributed by atoms with Gasteiger partial charge in [0, 0.05) is 53.5 Å². The van der Waals surface area contributed by atoms with Gasteiger partial charge in [-0.25, -0.2) is 4.68 Å². The van der Waals surface area contributed by atoms with Crippen LogP contribution in [-0.4, -0.2) is 49.0 Å². The summed E-state index contributed by atoms with van der Waals surface area (Å²) in [5.41, 5.74) is 3.66. The number of halogens is 1. The van der Waals surface area contributed by atoms with E-state index in [4.69, 9.17) is 26.2 Å². The Morgan fingerprint density at radius 2 is 1.56 bits per heavy atom. The summed E-state index contributed by atoms with van der Waals surface area (Å²) in [5.74, 6) is 4.66. The van der Waals surface area contributed by atoms with Crippen LogP contribution in [0.1, 0.15) is 48.2 Å². The minimum Gasteiger partial charge on any atom is -0.497 e. The van der Waals surface area contributed by atoms with Crippen molar-refractivity contribution in [3.8, 4) is 28.4 Å². The van der Waals surface area contributed by atoms with E-state index in [9.17, 15) is 4.79 Å². The Bertz CT molecular complexity index is 1300. The van der Waals surface area contributed by atoms with Gasteiger partial charge in [-0.15, -0.1) is 0 Å². The first-order chi connectivity index (χ1) is 18.9. The lowest BCUT2D eigenvalue weighted by molar-refractivity contribution is -0.0133. The van der Waals surface area contributed by atoms with Crippen LogP contribution in [-0.2, 0) is 0 Å². The maximum Gasteiger partial charge on any atom is 0.272 e. The van der Waals surface area contributed by atoms with E-state index in [0.29, 0.717) is 34.8 Å². The zero-order valence-corrected chi connectivity index (χ0v) is 23.6. The minimum atomic E-state index is -0.178. The van der Waals surface area contributed by atoms with Crippen LogP contribution < -0.4 is 20.1 Å². The van der Waals surface area contributed by atoms with Crippen molar-refractivity contribution in [2.45, 2.75) is 45.1 Å². The fourth-order valence-electron chi connectivity index (χ4n) is 7.52. The van der Waals surface area contributed by atoms with Crippen molar-refractivity contribution in [3.05, 3.63) is 58.7 Å². The number of amides is 1. The largest absolute Gasteiger partial charge is 0.497 e. The molecule has 206 valence electrons. The van der Waals surface area contributed by atoms with Crippen LogP contribution in [0.5, 0.6) is 11.5 Å². The number of nitrogens with one attached hydrogen (secondary N) is 2. The van der Waals surface area contributed by atoms with E-state index in [1.807, 2.05) is 49.4 Å². The Balaban J connectivity index is 1.21. The maximum atomic E-state index is 13.4. The maximum absolute atomic E-state index is 13.4. The Hall–Kier alpha value is -3.03. The molecule has 0 unspecified atom stereocenters. The molecule has 7 nitrogen and oxygen atoms in total. The summed E-state index contributed by atoms with van der Waals surface area (Å²) >= 11 is 6.17. The molecule has 1 amide bonds. The Morgan fingerprint density at radius 1 is 0.949 bits per heavy atom. The van der Waals surface area contributed by atoms with Crippen molar-refractivity contribution in [2.24, 2.45) is 23.7 Å². The fraction of sp³-hybridized carbons (Fsp3) is 0.484. The van der Waals surface area contributed by atoms with E-state index in [0.717, 1.165) is 52.7 Å². The van der Waals surface area contributed by atoms with E-state index in [1.165, 1.54) is 32.1 Å². The molecule has 2 aromatic carbocycles. The number of aromatic nitrogens is 2. The van der Waals surface area contributed by atoms with Gasteiger partial charge < -0.3 is 20.1 Å². The molecule has 0 radical (unpaired) electrons. The van der Waals surface area contributed by atoms with Crippen molar-refractivity contribution < 1.29 is 14.3 Å². The summed E-state index contributed by atoms with van der Waals surface area (Å²) in [4.78, 5) is 13.4. The average molecular weight is 549 g/mol. The molecule has 0 saturated heterocycles. The van der Waals surface area contributed by atoms with Crippen LogP contribution in [0.15, 0.2) is 42.5 Å². The van der Waals surface area contributed by atoms with E-state index >= 15 is 0 Å². The number of methoxy groups -OCH3 is 2. The van der Waals surface area contributed by atoms with Gasteiger partial charge in [0.15, 0.2) is 5.69 Å². The van der Waals surface area contributed by atoms with E-state index in [2.05, 4.69) is 10.6 Å². The Kier molecular flexibility index (Phi) is 7.29. The lowest BCUT2D eigenvalue weighted by atomic mass is 9.54. The first kappa shape index (κ1) is 26.2. The molecule has 0 spiro atoms. The monoisotopic (exact) mass is 548 g/mol. The predicted octanol–water partition coefficient (Wildman–Crippen LogP) is 5.66. The normalized spacial score (nSPS) is 25.1. The molecule has 39 heavy (non-hydrogen) atoms. The predicted molar refractivity (Wildman–Crippen MR) is 153 cm³/mol. The van der Waals surface area contributed by atoms with Gasteiger partial charge in [0.05, 0.1) is 25.6 Å². The lowest BCUT2D eigenvalue weighted by Crippen LogP contribution is -2.55. The molecule has 8 heteroatoms. The number of rotatable bonds is 9. The van der Waals surface area contributed by atoms with Gasteiger partial charge in [0.25, 0.3) is 5.91 Å². The fourth-order valence-corrected chi connectivity index (χ4v) is 7.64. The number of benzene rings is 2. The molecule has 0 aliphatic heterocycles. The van der Waals surface area contributed by atoms with Crippen molar-refractivity contribution in [1.29, 1.82) is 0 Å². The second-order valence-corrected chi connectivity index (χ2v) is 11.9. The van der Waals surface area contributed by atoms with E-state index < -0.39 is 0 Å². The van der Waals surface area contributed by atoms with Crippen molar-refractivity contribution in [1.82, 2.24) is 20.4 Å². The number of nitrogens with zero attached hydrogens (tertiary/aromatic N) is 2. The molecule has 2 N–H and O–H groups in total. The topological polar surface area (TPSA) is 77.4 Å². The molecule has 1 heterocycles. The third kappa shape index (κ3) is 5.14. The van der Waals surface area contributed by atoms with Crippen LogP contribution in [0.2, 0.25) is 5.02 Å². The van der Waals surface area contributed by atoms with Gasteiger partial charge in [0.1, 0.15) is 11.5 Å². The molecule has 3 aromatic rings. The lowest BCUT2D eigenvalue weighted by Gasteiger charge is -2.54. The van der Waals surface area contributed by atoms with Gasteiger partial charge in [-0.3, -0.25) is 4.79 Å². The van der Waals surface area contributed by atoms with E-state index in [1.54, 1.807) is 18.9 Å². The Labute approximate surface area is 235 Å². The summed E-state index contributed by atoms with van der Waals surface area (Å²) in [6.07, 6.45) is 7.00. The molecule has 0 atom stereocenters. The molecule has 7 rings (SSSR count). The van der Waals surface area contributed by atoms with Crippen LogP contribution in [0.25, 0.3) is 16.9 Å². The number of carbonyl (C=O) groups is 1. The second kappa shape index (κ2) is 10.9. The first-order valence-electron chi connectivity index (χ1n) is 14.0. The molecule has 4 saturated carbocycles. The van der Waals surface area contributed by atoms with Gasteiger partial charge in [-0.1, -0.05) is 23.7 Å². The summed E-state index contributed by atoms with van der Waals surface area (Å²) in [5, 5.41) is 12.4. The molecule has 1 aromatic heterocycles. The van der Waals surface area contributed by atoms with Crippen molar-refractivity contribution in [3.63, 3.8) is 0 Å². The van der Waals surface area contributed by atoms with Crippen LogP contribution in [0.3, 0.4) is 0 Å². The van der Waals surface area contributed by atoms with Gasteiger partial charge >= 0.3 is 0 Å². The zero-order valence-electron chi connectivity index (χ0n) is 22.9. The molecule has 4 aliphatic carbocycles. The smallest absolute Gasteiger partial charge is 0.272 e. The molecular formula is C31H37ClN4O3. The van der Waals surface area contributed by atoms with Crippen molar-refractivity contribution in [2.75, 3.05) is 27.3 Å². The number of ether oxygens (including phenoxy) is 2. The standard InChI is InChI=1S/C31H37ClN4O3/c1-18-28(31(37)34-9-8-33-29-22-11-19-10-20(13-22)14-23(29)12-19)35-36(30(18)21-4-6-24(32)7-5-21)25-15-26(38-2)17-27(16-25)39-3/h4-7,15-17,19-20,22-23,29,33H,8-14H2,1-3H3,(H,34,37). The molecule has 4 aliphatic rings. The van der Waals surface area contributed by atoms with Crippen LogP contribution in [0.4, 0.5) is 0 Å². The van der Waals surface area contributed by atoms with Gasteiger partial charge in [0.2, 0.25) is 0 Å². The third-order valence-electron chi connectivity index (χ3n) is 9.05. The molecule has 4 fully saturated rings. The quantitative estimate of drug-likeness (QED) is 0.337. The number of carbonyl (C=O) groups excluding carboxylic acids is 1. The van der Waals surface area contributed by atoms with Gasteiger partial charge in [-0.05, 0) is 74.8 Å². The average Bonchev–Trinajstić information content (AvgIpc) is 3.29. The number of hydrogen-bond acceptors (Lipinski definition) is 5. The highest BCUT2D eigenvalue weighted by Gasteiger charge is 2.47. The van der Waals surface area contributed by atoms with Crippen LogP contribution in [0, 0.1) is 30.6 Å². The summed E-state index contributed by atoms with van der Waals surface area (Å²) in [6, 6.07) is 13.7. The van der Waals surface area contributed by atoms with Crippen LogP contribution >= 0.6 is 11.6 Å². The molecule has 4 bridgehead atoms. The Morgan fingerprint density at radius 3 is 2.15 bits per heavy atom. The summed E-state index contributed by atoms with van der Waals surface area (Å²) in [7, 11) is 3.23. The second-order valence-electron chi connectivity index (χ2n) is 11.5. The minimum absolute atomic E-state index is 0.178. The highest BCUT2D eigenvalue weighted by atomic mass is 35.5. The zero-order chi connectivity index (χ0) is 27.1. The third-order valence-corrected chi connectivity index (χ3v) is 9.31. The van der Waals surface area contributed by atoms with Crippen molar-refractivity contribution >= 4 is 17.5 Å². The summed E-state index contributed by atoms with van der Waals surface area (Å²) < 4.78 is 12.8. The molecular weight excluding hydrogens is 512 g/mol. The SMILES string of the molecule is COc1cc(OC)cc(-n2nc(C(=O)NCCNC3C4CC5CC(C4)CC3C5)c(C)c2-c2ccc(Cl)cc2)c1. The highest BCUT2D eigenvalue weighted by molar-refractivity contribution is 6.30.